The molecule has 0 spiro atoms. The molecule has 0 unspecified atom stereocenters. The van der Waals surface area contributed by atoms with E-state index in [2.05, 4.69) is 14.5 Å². The minimum absolute atomic E-state index is 0.108. The number of hydrogen-bond donors (Lipinski definition) is 0. The molecule has 0 aliphatic heterocycles. The predicted molar refractivity (Wildman–Crippen MR) is 128 cm³/mol. The standard InChI is InChI=1S/C25H18ClN3O2S/c1-31-19-6-7-23-20(12-19)21(14-29(23)13-16-2-4-18(26)5-3-16)24(30)25-28-22(15-32-25)17-8-10-27-11-9-17/h2-12,14-15H,13H2,1H3. The zero-order valence-electron chi connectivity index (χ0n) is 17.2. The zero-order valence-corrected chi connectivity index (χ0v) is 18.7. The van der Waals surface area contributed by atoms with Gasteiger partial charge in [0, 0.05) is 52.0 Å². The molecule has 0 aliphatic carbocycles. The van der Waals surface area contributed by atoms with Crippen molar-refractivity contribution >= 4 is 39.6 Å². The van der Waals surface area contributed by atoms with E-state index in [9.17, 15) is 4.79 Å². The maximum absolute atomic E-state index is 13.5. The lowest BCUT2D eigenvalue weighted by Crippen LogP contribution is -2.01. The van der Waals surface area contributed by atoms with Crippen LogP contribution >= 0.6 is 22.9 Å². The number of ketones is 1. The Balaban J connectivity index is 1.56. The number of hydrogen-bond acceptors (Lipinski definition) is 5. The van der Waals surface area contributed by atoms with E-state index in [0.29, 0.717) is 27.9 Å². The number of nitrogens with zero attached hydrogens (tertiary/aromatic N) is 3. The number of thiazole rings is 1. The Labute approximate surface area is 193 Å². The van der Waals surface area contributed by atoms with E-state index in [0.717, 1.165) is 27.7 Å². The quantitative estimate of drug-likeness (QED) is 0.288. The molecule has 2 aromatic carbocycles. The molecule has 0 saturated carbocycles. The van der Waals surface area contributed by atoms with Gasteiger partial charge in [0.05, 0.1) is 18.4 Å². The van der Waals surface area contributed by atoms with Crippen LogP contribution < -0.4 is 4.74 Å². The zero-order chi connectivity index (χ0) is 22.1. The number of aromatic nitrogens is 3. The molecule has 5 rings (SSSR count). The highest BCUT2D eigenvalue weighted by Crippen LogP contribution is 2.30. The van der Waals surface area contributed by atoms with E-state index in [1.54, 1.807) is 19.5 Å². The second-order valence-electron chi connectivity index (χ2n) is 7.28. The summed E-state index contributed by atoms with van der Waals surface area (Å²) in [5.41, 5.74) is 4.35. The fourth-order valence-electron chi connectivity index (χ4n) is 3.65. The van der Waals surface area contributed by atoms with E-state index < -0.39 is 0 Å². The van der Waals surface area contributed by atoms with Crippen LogP contribution in [0.15, 0.2) is 78.6 Å². The fraction of sp³-hybridized carbons (Fsp3) is 0.0800. The molecule has 5 aromatic rings. The van der Waals surface area contributed by atoms with E-state index in [-0.39, 0.29) is 5.78 Å². The van der Waals surface area contributed by atoms with Crippen LogP contribution in [-0.4, -0.2) is 27.4 Å². The van der Waals surface area contributed by atoms with Gasteiger partial charge in [0.15, 0.2) is 5.01 Å². The summed E-state index contributed by atoms with van der Waals surface area (Å²) >= 11 is 7.37. The molecule has 3 heterocycles. The normalized spacial score (nSPS) is 11.1. The number of carbonyl (C=O) groups excluding carboxylic acids is 1. The first-order valence-corrected chi connectivity index (χ1v) is 11.2. The van der Waals surface area contributed by atoms with Gasteiger partial charge < -0.3 is 9.30 Å². The Bertz CT molecular complexity index is 1410. The maximum Gasteiger partial charge on any atom is 0.223 e. The number of halogens is 1. The summed E-state index contributed by atoms with van der Waals surface area (Å²) in [5.74, 6) is 0.593. The van der Waals surface area contributed by atoms with Crippen LogP contribution in [0.4, 0.5) is 0 Å². The van der Waals surface area contributed by atoms with E-state index >= 15 is 0 Å². The first kappa shape index (κ1) is 20.4. The molecule has 0 bridgehead atoms. The summed E-state index contributed by atoms with van der Waals surface area (Å²) in [5, 5.41) is 3.88. The second kappa shape index (κ2) is 8.57. The molecular formula is C25H18ClN3O2S. The monoisotopic (exact) mass is 459 g/mol. The van der Waals surface area contributed by atoms with Crippen molar-refractivity contribution in [2.24, 2.45) is 0 Å². The maximum atomic E-state index is 13.5. The molecule has 0 radical (unpaired) electrons. The van der Waals surface area contributed by atoms with Crippen molar-refractivity contribution in [3.63, 3.8) is 0 Å². The van der Waals surface area contributed by atoms with Crippen molar-refractivity contribution in [1.82, 2.24) is 14.5 Å². The van der Waals surface area contributed by atoms with Gasteiger partial charge in [-0.15, -0.1) is 11.3 Å². The summed E-state index contributed by atoms with van der Waals surface area (Å²) in [7, 11) is 1.62. The van der Waals surface area contributed by atoms with Crippen LogP contribution in [-0.2, 0) is 6.54 Å². The van der Waals surface area contributed by atoms with Crippen LogP contribution in [0, 0.1) is 0 Å². The molecule has 0 atom stereocenters. The summed E-state index contributed by atoms with van der Waals surface area (Å²) in [6.07, 6.45) is 5.33. The van der Waals surface area contributed by atoms with Gasteiger partial charge in [-0.2, -0.15) is 0 Å². The smallest absolute Gasteiger partial charge is 0.223 e. The number of rotatable bonds is 6. The molecule has 158 valence electrons. The Morgan fingerprint density at radius 1 is 1.09 bits per heavy atom. The van der Waals surface area contributed by atoms with Gasteiger partial charge in [-0.25, -0.2) is 4.98 Å². The van der Waals surface area contributed by atoms with Crippen LogP contribution in [0.2, 0.25) is 5.02 Å². The molecule has 0 fully saturated rings. The van der Waals surface area contributed by atoms with Gasteiger partial charge in [-0.05, 0) is 48.0 Å². The van der Waals surface area contributed by atoms with Crippen molar-refractivity contribution in [2.75, 3.05) is 7.11 Å². The predicted octanol–water partition coefficient (Wildman–Crippen LogP) is 6.10. The van der Waals surface area contributed by atoms with Gasteiger partial charge in [0.2, 0.25) is 5.78 Å². The Morgan fingerprint density at radius 2 is 1.88 bits per heavy atom. The van der Waals surface area contributed by atoms with Gasteiger partial charge in [0.1, 0.15) is 5.75 Å². The van der Waals surface area contributed by atoms with E-state index in [4.69, 9.17) is 16.3 Å². The number of pyridine rings is 1. The molecule has 0 aliphatic rings. The van der Waals surface area contributed by atoms with Crippen molar-refractivity contribution in [3.8, 4) is 17.0 Å². The average molecular weight is 460 g/mol. The molecule has 7 heteroatoms. The molecule has 32 heavy (non-hydrogen) atoms. The third-order valence-corrected chi connectivity index (χ3v) is 6.37. The third kappa shape index (κ3) is 3.90. The van der Waals surface area contributed by atoms with Gasteiger partial charge in [0.25, 0.3) is 0 Å². The number of benzene rings is 2. The summed E-state index contributed by atoms with van der Waals surface area (Å²) < 4.78 is 7.48. The van der Waals surface area contributed by atoms with Crippen LogP contribution in [0.3, 0.4) is 0 Å². The Morgan fingerprint density at radius 3 is 2.62 bits per heavy atom. The van der Waals surface area contributed by atoms with Gasteiger partial charge in [-0.3, -0.25) is 9.78 Å². The van der Waals surface area contributed by atoms with Crippen LogP contribution in [0.5, 0.6) is 5.75 Å². The fourth-order valence-corrected chi connectivity index (χ4v) is 4.56. The Kier molecular flexibility index (Phi) is 5.47. The minimum Gasteiger partial charge on any atom is -0.497 e. The van der Waals surface area contributed by atoms with Crippen LogP contribution in [0.1, 0.15) is 20.9 Å². The first-order chi connectivity index (χ1) is 15.6. The third-order valence-electron chi connectivity index (χ3n) is 5.27. The topological polar surface area (TPSA) is 57.0 Å². The number of carbonyl (C=O) groups is 1. The SMILES string of the molecule is COc1ccc2c(c1)c(C(=O)c1nc(-c3ccncc3)cs1)cn2Cc1ccc(Cl)cc1. The van der Waals surface area contributed by atoms with Crippen LogP contribution in [0.25, 0.3) is 22.2 Å². The largest absolute Gasteiger partial charge is 0.497 e. The lowest BCUT2D eigenvalue weighted by atomic mass is 10.1. The lowest BCUT2D eigenvalue weighted by Gasteiger charge is -2.06. The first-order valence-electron chi connectivity index (χ1n) is 9.94. The molecule has 0 N–H and O–H groups in total. The number of methoxy groups -OCH3 is 1. The molecular weight excluding hydrogens is 442 g/mol. The van der Waals surface area contributed by atoms with E-state index in [1.807, 2.05) is 66.2 Å². The van der Waals surface area contributed by atoms with Crippen molar-refractivity contribution in [2.45, 2.75) is 6.54 Å². The highest BCUT2D eigenvalue weighted by atomic mass is 35.5. The summed E-state index contributed by atoms with van der Waals surface area (Å²) in [4.78, 5) is 22.1. The van der Waals surface area contributed by atoms with Crippen molar-refractivity contribution < 1.29 is 9.53 Å². The molecule has 0 amide bonds. The van der Waals surface area contributed by atoms with Gasteiger partial charge in [-0.1, -0.05) is 23.7 Å². The minimum atomic E-state index is -0.108. The molecule has 0 saturated heterocycles. The van der Waals surface area contributed by atoms with E-state index in [1.165, 1.54) is 11.3 Å². The molecule has 5 nitrogen and oxygen atoms in total. The van der Waals surface area contributed by atoms with Crippen molar-refractivity contribution in [3.05, 3.63) is 99.7 Å². The lowest BCUT2D eigenvalue weighted by molar-refractivity contribution is 0.104. The van der Waals surface area contributed by atoms with Crippen molar-refractivity contribution in [1.29, 1.82) is 0 Å². The molecule has 3 aromatic heterocycles. The number of fused-ring (bicyclic) bond motifs is 1. The summed E-state index contributed by atoms with van der Waals surface area (Å²) in [6.45, 7) is 0.618. The number of ether oxygens (including phenoxy) is 1. The highest BCUT2D eigenvalue weighted by Gasteiger charge is 2.21. The summed E-state index contributed by atoms with van der Waals surface area (Å²) in [6, 6.07) is 17.3. The highest BCUT2D eigenvalue weighted by molar-refractivity contribution is 7.12. The van der Waals surface area contributed by atoms with Gasteiger partial charge >= 0.3 is 0 Å². The Hall–Kier alpha value is -3.48. The second-order valence-corrected chi connectivity index (χ2v) is 8.58. The average Bonchev–Trinajstić information content (AvgIpc) is 3.46.